The predicted molar refractivity (Wildman–Crippen MR) is 65.1 cm³/mol. The summed E-state index contributed by atoms with van der Waals surface area (Å²) in [4.78, 5) is 12.6. The van der Waals surface area contributed by atoms with E-state index in [1.165, 1.54) is 0 Å². The third-order valence-electron chi connectivity index (χ3n) is 3.60. The molecule has 0 radical (unpaired) electrons. The lowest BCUT2D eigenvalue weighted by Crippen LogP contribution is -2.39. The van der Waals surface area contributed by atoms with Crippen LogP contribution in [-0.4, -0.2) is 28.3 Å². The van der Waals surface area contributed by atoms with Gasteiger partial charge in [-0.1, -0.05) is 6.92 Å². The molecule has 0 N–H and O–H groups in total. The van der Waals surface area contributed by atoms with Gasteiger partial charge < -0.3 is 4.74 Å². The molecule has 0 bridgehead atoms. The van der Waals surface area contributed by atoms with Crippen LogP contribution in [0.3, 0.4) is 0 Å². The summed E-state index contributed by atoms with van der Waals surface area (Å²) in [5.74, 6) is 0.100. The van der Waals surface area contributed by atoms with Crippen LogP contribution in [0, 0.1) is 0 Å². The highest BCUT2D eigenvalue weighted by Crippen LogP contribution is 2.35. The number of Topliss-reactive ketones (excluding diaryl/α,β-unsaturated/α-hetero) is 1. The Kier molecular flexibility index (Phi) is 3.62. The van der Waals surface area contributed by atoms with Gasteiger partial charge in [0.15, 0.2) is 0 Å². The van der Waals surface area contributed by atoms with Gasteiger partial charge in [0.1, 0.15) is 11.3 Å². The van der Waals surface area contributed by atoms with Gasteiger partial charge in [-0.25, -0.2) is 0 Å². The Hall–Kier alpha value is -1.16. The summed E-state index contributed by atoms with van der Waals surface area (Å²) in [5, 5.41) is 4.20. The second kappa shape index (κ2) is 5.00. The molecule has 1 aliphatic carbocycles. The third-order valence-corrected chi connectivity index (χ3v) is 3.60. The fraction of sp³-hybridized carbons (Fsp3) is 0.692. The highest BCUT2D eigenvalue weighted by molar-refractivity contribution is 6.01. The first-order valence-corrected chi connectivity index (χ1v) is 6.35. The van der Waals surface area contributed by atoms with E-state index >= 15 is 0 Å². The molecule has 1 fully saturated rings. The number of rotatable bonds is 5. The van der Waals surface area contributed by atoms with Gasteiger partial charge in [0.25, 0.3) is 0 Å². The summed E-state index contributed by atoms with van der Waals surface area (Å²) in [6.45, 7) is 2.87. The van der Waals surface area contributed by atoms with Crippen molar-refractivity contribution < 1.29 is 9.53 Å². The zero-order valence-electron chi connectivity index (χ0n) is 10.6. The fourth-order valence-corrected chi connectivity index (χ4v) is 2.62. The zero-order valence-corrected chi connectivity index (χ0v) is 10.6. The first kappa shape index (κ1) is 12.3. The summed E-state index contributed by atoms with van der Waals surface area (Å²) < 4.78 is 7.32. The molecule has 0 aromatic carbocycles. The van der Waals surface area contributed by atoms with Gasteiger partial charge in [-0.05, 0) is 38.2 Å². The number of methoxy groups -OCH3 is 1. The molecule has 0 amide bonds. The molecule has 1 aromatic rings. The quantitative estimate of drug-likeness (QED) is 0.737. The minimum Gasteiger partial charge on any atom is -0.370 e. The molecule has 2 rings (SSSR count). The van der Waals surface area contributed by atoms with Crippen molar-refractivity contribution in [1.82, 2.24) is 9.78 Å². The van der Waals surface area contributed by atoms with Gasteiger partial charge in [0.2, 0.25) is 5.78 Å². The van der Waals surface area contributed by atoms with Crippen molar-refractivity contribution in [3.63, 3.8) is 0 Å². The van der Waals surface area contributed by atoms with Gasteiger partial charge >= 0.3 is 0 Å². The van der Waals surface area contributed by atoms with Gasteiger partial charge in [0, 0.05) is 19.9 Å². The molecule has 1 aromatic heterocycles. The molecule has 0 aliphatic heterocycles. The van der Waals surface area contributed by atoms with Crippen molar-refractivity contribution in [2.24, 2.45) is 0 Å². The number of ketones is 1. The number of aryl methyl sites for hydroxylation is 1. The summed E-state index contributed by atoms with van der Waals surface area (Å²) in [6.07, 6.45) is 6.48. The van der Waals surface area contributed by atoms with Crippen LogP contribution in [0.5, 0.6) is 0 Å². The minimum atomic E-state index is -0.592. The monoisotopic (exact) mass is 236 g/mol. The highest BCUT2D eigenvalue weighted by atomic mass is 16.5. The maximum absolute atomic E-state index is 12.6. The molecule has 4 nitrogen and oxygen atoms in total. The van der Waals surface area contributed by atoms with E-state index in [0.29, 0.717) is 5.69 Å². The Morgan fingerprint density at radius 1 is 1.53 bits per heavy atom. The Morgan fingerprint density at radius 2 is 2.24 bits per heavy atom. The standard InChI is InChI=1S/C13H20N2O2/c1-3-10-15-11(6-9-14-15)12(16)13(17-2)7-4-5-8-13/h6,9H,3-5,7-8,10H2,1-2H3. The van der Waals surface area contributed by atoms with Crippen molar-refractivity contribution in [2.75, 3.05) is 7.11 Å². The summed E-state index contributed by atoms with van der Waals surface area (Å²) in [6, 6.07) is 1.80. The minimum absolute atomic E-state index is 0.100. The molecule has 1 heterocycles. The lowest BCUT2D eigenvalue weighted by Gasteiger charge is -2.25. The molecule has 0 spiro atoms. The van der Waals surface area contributed by atoms with Crippen molar-refractivity contribution >= 4 is 5.78 Å². The van der Waals surface area contributed by atoms with Crippen LogP contribution < -0.4 is 0 Å². The van der Waals surface area contributed by atoms with Gasteiger partial charge in [0.05, 0.1) is 0 Å². The third kappa shape index (κ3) is 2.14. The smallest absolute Gasteiger partial charge is 0.212 e. The average Bonchev–Trinajstić information content (AvgIpc) is 2.97. The van der Waals surface area contributed by atoms with Crippen LogP contribution in [0.25, 0.3) is 0 Å². The van der Waals surface area contributed by atoms with Crippen LogP contribution in [-0.2, 0) is 11.3 Å². The van der Waals surface area contributed by atoms with Crippen LogP contribution >= 0.6 is 0 Å². The maximum Gasteiger partial charge on any atom is 0.212 e. The fourth-order valence-electron chi connectivity index (χ4n) is 2.62. The van der Waals surface area contributed by atoms with Crippen LogP contribution in [0.4, 0.5) is 0 Å². The van der Waals surface area contributed by atoms with Crippen molar-refractivity contribution in [1.29, 1.82) is 0 Å². The Balaban J connectivity index is 2.26. The lowest BCUT2D eigenvalue weighted by atomic mass is 9.94. The number of ether oxygens (including phenoxy) is 1. The molecular weight excluding hydrogens is 216 g/mol. The summed E-state index contributed by atoms with van der Waals surface area (Å²) in [5.41, 5.74) is 0.0986. The molecule has 1 saturated carbocycles. The van der Waals surface area contributed by atoms with E-state index in [9.17, 15) is 4.79 Å². The average molecular weight is 236 g/mol. The molecule has 0 unspecified atom stereocenters. The largest absolute Gasteiger partial charge is 0.370 e. The highest BCUT2D eigenvalue weighted by Gasteiger charge is 2.42. The van der Waals surface area contributed by atoms with E-state index in [2.05, 4.69) is 12.0 Å². The molecule has 0 atom stereocenters. The van der Waals surface area contributed by atoms with E-state index in [1.54, 1.807) is 24.1 Å². The Bertz CT molecular complexity index is 392. The molecule has 1 aliphatic rings. The number of carbonyl (C=O) groups excluding carboxylic acids is 1. The van der Waals surface area contributed by atoms with E-state index in [1.807, 2.05) is 0 Å². The zero-order chi connectivity index (χ0) is 12.3. The summed E-state index contributed by atoms with van der Waals surface area (Å²) in [7, 11) is 1.64. The van der Waals surface area contributed by atoms with Crippen molar-refractivity contribution in [3.05, 3.63) is 18.0 Å². The maximum atomic E-state index is 12.6. The first-order valence-electron chi connectivity index (χ1n) is 6.35. The van der Waals surface area contributed by atoms with Crippen molar-refractivity contribution in [3.8, 4) is 0 Å². The second-order valence-electron chi connectivity index (χ2n) is 4.67. The first-order chi connectivity index (χ1) is 8.23. The molecule has 4 heteroatoms. The normalized spacial score (nSPS) is 18.5. The lowest BCUT2D eigenvalue weighted by molar-refractivity contribution is 0.00513. The van der Waals surface area contributed by atoms with Crippen LogP contribution in [0.2, 0.25) is 0 Å². The number of hydrogen-bond donors (Lipinski definition) is 0. The Labute approximate surface area is 102 Å². The van der Waals surface area contributed by atoms with E-state index in [4.69, 9.17) is 4.74 Å². The van der Waals surface area contributed by atoms with Gasteiger partial charge in [-0.3, -0.25) is 9.48 Å². The Morgan fingerprint density at radius 3 is 2.82 bits per heavy atom. The van der Waals surface area contributed by atoms with Gasteiger partial charge in [-0.2, -0.15) is 5.10 Å². The number of nitrogens with zero attached hydrogens (tertiary/aromatic N) is 2. The van der Waals surface area contributed by atoms with E-state index < -0.39 is 5.60 Å². The SMILES string of the molecule is CCCn1nccc1C(=O)C1(OC)CCCC1. The number of aromatic nitrogens is 2. The number of carbonyl (C=O) groups is 1. The molecule has 0 saturated heterocycles. The molecule has 17 heavy (non-hydrogen) atoms. The van der Waals surface area contributed by atoms with Crippen LogP contribution in [0.15, 0.2) is 12.3 Å². The topological polar surface area (TPSA) is 44.1 Å². The van der Waals surface area contributed by atoms with Crippen LogP contribution in [0.1, 0.15) is 49.5 Å². The molecular formula is C13H20N2O2. The van der Waals surface area contributed by atoms with E-state index in [-0.39, 0.29) is 5.78 Å². The predicted octanol–water partition coefficient (Wildman–Crippen LogP) is 2.44. The van der Waals surface area contributed by atoms with Gasteiger partial charge in [-0.15, -0.1) is 0 Å². The second-order valence-corrected chi connectivity index (χ2v) is 4.67. The summed E-state index contributed by atoms with van der Waals surface area (Å²) >= 11 is 0. The van der Waals surface area contributed by atoms with E-state index in [0.717, 1.165) is 38.6 Å². The van der Waals surface area contributed by atoms with Crippen molar-refractivity contribution in [2.45, 2.75) is 51.2 Å². The molecule has 94 valence electrons. The number of hydrogen-bond acceptors (Lipinski definition) is 3.